The molecule has 2 heterocycles. The van der Waals surface area contributed by atoms with Crippen LogP contribution in [-0.4, -0.2) is 46.2 Å². The molecule has 1 aliphatic rings. The second-order valence-electron chi connectivity index (χ2n) is 5.52. The van der Waals surface area contributed by atoms with Crippen molar-refractivity contribution in [3.05, 3.63) is 23.0 Å². The highest BCUT2D eigenvalue weighted by atomic mass is 16.2. The second-order valence-corrected chi connectivity index (χ2v) is 5.52. The summed E-state index contributed by atoms with van der Waals surface area (Å²) in [6, 6.07) is 2.50. The topological polar surface area (TPSA) is 58.1 Å². The van der Waals surface area contributed by atoms with Crippen LogP contribution in [0.2, 0.25) is 0 Å². The fourth-order valence-corrected chi connectivity index (χ4v) is 2.67. The van der Waals surface area contributed by atoms with E-state index in [0.29, 0.717) is 17.3 Å². The summed E-state index contributed by atoms with van der Waals surface area (Å²) in [6.45, 7) is 9.64. The van der Waals surface area contributed by atoms with Crippen LogP contribution in [0.4, 0.5) is 0 Å². The van der Waals surface area contributed by atoms with Gasteiger partial charge in [0, 0.05) is 25.2 Å². The summed E-state index contributed by atoms with van der Waals surface area (Å²) in [7, 11) is 0. The molecule has 110 valence electrons. The first-order valence-corrected chi connectivity index (χ1v) is 7.42. The zero-order chi connectivity index (χ0) is 14.7. The van der Waals surface area contributed by atoms with E-state index in [2.05, 4.69) is 29.4 Å². The number of amides is 1. The van der Waals surface area contributed by atoms with Gasteiger partial charge in [-0.05, 0) is 32.8 Å². The van der Waals surface area contributed by atoms with Crippen LogP contribution in [0.25, 0.3) is 0 Å². The quantitative estimate of drug-likeness (QED) is 0.913. The molecule has 1 aromatic rings. The molecule has 2 atom stereocenters. The van der Waals surface area contributed by atoms with Gasteiger partial charge in [-0.15, -0.1) is 0 Å². The summed E-state index contributed by atoms with van der Waals surface area (Å²) in [4.78, 5) is 14.8. The van der Waals surface area contributed by atoms with Crippen LogP contribution in [0, 0.1) is 13.8 Å². The molecule has 0 aromatic carbocycles. The molecule has 5 nitrogen and oxygen atoms in total. The fourth-order valence-electron chi connectivity index (χ4n) is 2.67. The lowest BCUT2D eigenvalue weighted by molar-refractivity contribution is 0.0574. The molecular formula is C15H24N4O. The van der Waals surface area contributed by atoms with Crippen LogP contribution in [-0.2, 0) is 0 Å². The molecule has 1 saturated heterocycles. The number of carbonyl (C=O) groups excluding carboxylic acids is 1. The maximum atomic E-state index is 12.8. The van der Waals surface area contributed by atoms with Crippen LogP contribution >= 0.6 is 0 Å². The molecular weight excluding hydrogens is 252 g/mol. The van der Waals surface area contributed by atoms with Crippen molar-refractivity contribution in [1.82, 2.24) is 20.4 Å². The van der Waals surface area contributed by atoms with Crippen molar-refractivity contribution in [2.24, 2.45) is 0 Å². The first-order chi connectivity index (χ1) is 9.56. The van der Waals surface area contributed by atoms with E-state index in [0.717, 1.165) is 31.6 Å². The zero-order valence-corrected chi connectivity index (χ0v) is 12.8. The highest BCUT2D eigenvalue weighted by molar-refractivity contribution is 5.95. The third-order valence-electron chi connectivity index (χ3n) is 4.06. The Morgan fingerprint density at radius 1 is 1.35 bits per heavy atom. The number of aromatic nitrogens is 2. The monoisotopic (exact) mass is 276 g/mol. The molecule has 2 unspecified atom stereocenters. The van der Waals surface area contributed by atoms with Gasteiger partial charge in [-0.1, -0.05) is 13.8 Å². The van der Waals surface area contributed by atoms with Gasteiger partial charge in [0.25, 0.3) is 5.91 Å². The van der Waals surface area contributed by atoms with Gasteiger partial charge in [0.2, 0.25) is 0 Å². The minimum Gasteiger partial charge on any atom is -0.333 e. The molecule has 1 amide bonds. The molecule has 2 rings (SSSR count). The van der Waals surface area contributed by atoms with Crippen molar-refractivity contribution in [3.8, 4) is 0 Å². The normalized spacial score (nSPS) is 22.9. The molecule has 1 aromatic heterocycles. The summed E-state index contributed by atoms with van der Waals surface area (Å²) >= 11 is 0. The highest BCUT2D eigenvalue weighted by Gasteiger charge is 2.31. The summed E-state index contributed by atoms with van der Waals surface area (Å²) < 4.78 is 0. The predicted octanol–water partition coefficient (Wildman–Crippen LogP) is 1.70. The number of aryl methyl sites for hydroxylation is 2. The van der Waals surface area contributed by atoms with Crippen molar-refractivity contribution in [2.75, 3.05) is 13.1 Å². The van der Waals surface area contributed by atoms with E-state index in [1.54, 1.807) is 0 Å². The summed E-state index contributed by atoms with van der Waals surface area (Å²) in [5.41, 5.74) is 2.18. The Kier molecular flexibility index (Phi) is 4.70. The standard InChI is InChI=1S/C15H24N4O/c1-5-12-9-19(13(6-2)8-16-12)15(20)14-7-10(3)17-18-11(14)4/h7,12-13,16H,5-6,8-9H2,1-4H3. The maximum absolute atomic E-state index is 12.8. The van der Waals surface area contributed by atoms with Crippen molar-refractivity contribution in [2.45, 2.75) is 52.6 Å². The molecule has 0 saturated carbocycles. The lowest BCUT2D eigenvalue weighted by atomic mass is 10.0. The van der Waals surface area contributed by atoms with Gasteiger partial charge in [0.1, 0.15) is 0 Å². The Labute approximate surface area is 120 Å². The molecule has 20 heavy (non-hydrogen) atoms. The zero-order valence-electron chi connectivity index (χ0n) is 12.8. The van der Waals surface area contributed by atoms with Crippen LogP contribution in [0.5, 0.6) is 0 Å². The van der Waals surface area contributed by atoms with Gasteiger partial charge in [-0.3, -0.25) is 4.79 Å². The molecule has 0 aliphatic carbocycles. The smallest absolute Gasteiger partial charge is 0.256 e. The van der Waals surface area contributed by atoms with Crippen molar-refractivity contribution in [1.29, 1.82) is 0 Å². The highest BCUT2D eigenvalue weighted by Crippen LogP contribution is 2.17. The van der Waals surface area contributed by atoms with Gasteiger partial charge in [-0.2, -0.15) is 10.2 Å². The van der Waals surface area contributed by atoms with Crippen molar-refractivity contribution < 1.29 is 4.79 Å². The second kappa shape index (κ2) is 6.31. The average Bonchev–Trinajstić information content (AvgIpc) is 2.48. The van der Waals surface area contributed by atoms with E-state index in [-0.39, 0.29) is 11.9 Å². The average molecular weight is 276 g/mol. The SMILES string of the molecule is CCC1CN(C(=O)c2cc(C)nnc2C)C(CC)CN1. The Balaban J connectivity index is 2.26. The Morgan fingerprint density at radius 3 is 2.75 bits per heavy atom. The van der Waals surface area contributed by atoms with E-state index >= 15 is 0 Å². The number of hydrogen-bond acceptors (Lipinski definition) is 4. The molecule has 1 fully saturated rings. The van der Waals surface area contributed by atoms with Crippen LogP contribution in [0.1, 0.15) is 48.4 Å². The predicted molar refractivity (Wildman–Crippen MR) is 78.7 cm³/mol. The van der Waals surface area contributed by atoms with Crippen molar-refractivity contribution >= 4 is 5.91 Å². The molecule has 5 heteroatoms. The van der Waals surface area contributed by atoms with E-state index in [1.165, 1.54) is 0 Å². The number of carbonyl (C=O) groups is 1. The maximum Gasteiger partial charge on any atom is 0.256 e. The van der Waals surface area contributed by atoms with E-state index in [9.17, 15) is 4.79 Å². The van der Waals surface area contributed by atoms with Gasteiger partial charge in [-0.25, -0.2) is 0 Å². The summed E-state index contributed by atoms with van der Waals surface area (Å²) in [5, 5.41) is 11.6. The van der Waals surface area contributed by atoms with E-state index < -0.39 is 0 Å². The van der Waals surface area contributed by atoms with Crippen molar-refractivity contribution in [3.63, 3.8) is 0 Å². The minimum atomic E-state index is 0.0901. The minimum absolute atomic E-state index is 0.0901. The first-order valence-electron chi connectivity index (χ1n) is 7.42. The fraction of sp³-hybridized carbons (Fsp3) is 0.667. The van der Waals surface area contributed by atoms with Crippen LogP contribution < -0.4 is 5.32 Å². The Morgan fingerprint density at radius 2 is 2.10 bits per heavy atom. The first kappa shape index (κ1) is 14.9. The molecule has 0 spiro atoms. The Hall–Kier alpha value is -1.49. The number of hydrogen-bond donors (Lipinski definition) is 1. The van der Waals surface area contributed by atoms with Gasteiger partial charge in [0.15, 0.2) is 0 Å². The number of piperazine rings is 1. The molecule has 1 N–H and O–H groups in total. The lowest BCUT2D eigenvalue weighted by Gasteiger charge is -2.40. The molecule has 0 radical (unpaired) electrons. The third-order valence-corrected chi connectivity index (χ3v) is 4.06. The molecule has 0 bridgehead atoms. The summed E-state index contributed by atoms with van der Waals surface area (Å²) in [5.74, 6) is 0.0901. The van der Waals surface area contributed by atoms with Gasteiger partial charge < -0.3 is 10.2 Å². The van der Waals surface area contributed by atoms with Crippen LogP contribution in [0.15, 0.2) is 6.07 Å². The lowest BCUT2D eigenvalue weighted by Crippen LogP contribution is -2.58. The Bertz CT molecular complexity index is 489. The van der Waals surface area contributed by atoms with Gasteiger partial charge in [0.05, 0.1) is 17.0 Å². The number of nitrogens with one attached hydrogen (secondary N) is 1. The van der Waals surface area contributed by atoms with E-state index in [4.69, 9.17) is 0 Å². The summed E-state index contributed by atoms with van der Waals surface area (Å²) in [6.07, 6.45) is 2.00. The largest absolute Gasteiger partial charge is 0.333 e. The van der Waals surface area contributed by atoms with E-state index in [1.807, 2.05) is 24.8 Å². The van der Waals surface area contributed by atoms with Gasteiger partial charge >= 0.3 is 0 Å². The third kappa shape index (κ3) is 2.98. The van der Waals surface area contributed by atoms with Crippen LogP contribution in [0.3, 0.4) is 0 Å². The number of rotatable bonds is 3. The molecule has 1 aliphatic heterocycles. The number of nitrogens with zero attached hydrogens (tertiary/aromatic N) is 3.